The molecule has 0 atom stereocenters. The molecule has 0 aliphatic heterocycles. The van der Waals surface area contributed by atoms with Crippen LogP contribution in [0.1, 0.15) is 56.5 Å². The standard InChI is InChI=1S/C14H21N/c1-5-13-11-8-6-7-10(11)12(9-15-13)14(2,3)4/h9H,5-8H2,1-4H3. The van der Waals surface area contributed by atoms with Crippen molar-refractivity contribution in [2.45, 2.75) is 58.8 Å². The van der Waals surface area contributed by atoms with Crippen LogP contribution in [-0.2, 0) is 24.7 Å². The highest BCUT2D eigenvalue weighted by atomic mass is 14.7. The zero-order valence-electron chi connectivity index (χ0n) is 10.4. The van der Waals surface area contributed by atoms with E-state index in [2.05, 4.69) is 38.9 Å². The molecule has 1 heterocycles. The first kappa shape index (κ1) is 10.7. The minimum Gasteiger partial charge on any atom is -0.261 e. The van der Waals surface area contributed by atoms with Gasteiger partial charge in [-0.15, -0.1) is 0 Å². The normalized spacial score (nSPS) is 15.5. The fourth-order valence-electron chi connectivity index (χ4n) is 2.61. The third-order valence-electron chi connectivity index (χ3n) is 3.38. The second-order valence-electron chi connectivity index (χ2n) is 5.53. The monoisotopic (exact) mass is 203 g/mol. The Hall–Kier alpha value is -0.850. The van der Waals surface area contributed by atoms with E-state index in [9.17, 15) is 0 Å². The van der Waals surface area contributed by atoms with E-state index < -0.39 is 0 Å². The molecule has 2 rings (SSSR count). The maximum absolute atomic E-state index is 4.64. The molecule has 0 spiro atoms. The van der Waals surface area contributed by atoms with Crippen LogP contribution in [0.25, 0.3) is 0 Å². The van der Waals surface area contributed by atoms with Crippen LogP contribution >= 0.6 is 0 Å². The molecule has 0 unspecified atom stereocenters. The second-order valence-corrected chi connectivity index (χ2v) is 5.53. The Balaban J connectivity index is 2.57. The van der Waals surface area contributed by atoms with Crippen LogP contribution in [0.4, 0.5) is 0 Å². The zero-order chi connectivity index (χ0) is 11.1. The third-order valence-corrected chi connectivity index (χ3v) is 3.38. The summed E-state index contributed by atoms with van der Waals surface area (Å²) in [5, 5.41) is 0. The van der Waals surface area contributed by atoms with Gasteiger partial charge in [0.05, 0.1) is 0 Å². The van der Waals surface area contributed by atoms with Gasteiger partial charge in [0.1, 0.15) is 0 Å². The molecule has 0 saturated heterocycles. The Labute approximate surface area is 92.9 Å². The summed E-state index contributed by atoms with van der Waals surface area (Å²) < 4.78 is 0. The van der Waals surface area contributed by atoms with Gasteiger partial charge in [0, 0.05) is 11.9 Å². The smallest absolute Gasteiger partial charge is 0.0435 e. The highest BCUT2D eigenvalue weighted by Gasteiger charge is 2.24. The van der Waals surface area contributed by atoms with Crippen molar-refractivity contribution >= 4 is 0 Å². The van der Waals surface area contributed by atoms with Crippen molar-refractivity contribution in [2.24, 2.45) is 0 Å². The van der Waals surface area contributed by atoms with Crippen molar-refractivity contribution < 1.29 is 0 Å². The van der Waals surface area contributed by atoms with Crippen molar-refractivity contribution in [3.05, 3.63) is 28.6 Å². The molecule has 15 heavy (non-hydrogen) atoms. The number of aryl methyl sites for hydroxylation is 1. The number of fused-ring (bicyclic) bond motifs is 1. The van der Waals surface area contributed by atoms with Gasteiger partial charge in [-0.05, 0) is 47.8 Å². The van der Waals surface area contributed by atoms with E-state index >= 15 is 0 Å². The van der Waals surface area contributed by atoms with E-state index in [0.717, 1.165) is 6.42 Å². The molecule has 1 aliphatic carbocycles. The molecular weight excluding hydrogens is 182 g/mol. The molecule has 0 N–H and O–H groups in total. The van der Waals surface area contributed by atoms with Gasteiger partial charge >= 0.3 is 0 Å². The number of aromatic nitrogens is 1. The molecule has 0 aromatic carbocycles. The number of nitrogens with zero attached hydrogens (tertiary/aromatic N) is 1. The maximum atomic E-state index is 4.64. The molecular formula is C14H21N. The van der Waals surface area contributed by atoms with Crippen LogP contribution < -0.4 is 0 Å². The number of rotatable bonds is 1. The lowest BCUT2D eigenvalue weighted by Gasteiger charge is -2.23. The van der Waals surface area contributed by atoms with Crippen molar-refractivity contribution in [3.8, 4) is 0 Å². The number of hydrogen-bond donors (Lipinski definition) is 0. The molecule has 0 amide bonds. The summed E-state index contributed by atoms with van der Waals surface area (Å²) in [5.74, 6) is 0. The van der Waals surface area contributed by atoms with Crippen LogP contribution in [-0.4, -0.2) is 4.98 Å². The van der Waals surface area contributed by atoms with Crippen LogP contribution in [0.3, 0.4) is 0 Å². The van der Waals surface area contributed by atoms with Crippen LogP contribution in [0.15, 0.2) is 6.20 Å². The second kappa shape index (κ2) is 3.62. The molecule has 0 fully saturated rings. The molecule has 1 nitrogen and oxygen atoms in total. The highest BCUT2D eigenvalue weighted by Crippen LogP contribution is 2.34. The van der Waals surface area contributed by atoms with Gasteiger partial charge in [-0.25, -0.2) is 0 Å². The summed E-state index contributed by atoms with van der Waals surface area (Å²) in [6.45, 7) is 9.06. The SMILES string of the molecule is CCc1ncc(C(C)(C)C)c2c1CCC2. The average Bonchev–Trinajstić information content (AvgIpc) is 2.62. The largest absolute Gasteiger partial charge is 0.261 e. The van der Waals surface area contributed by atoms with Gasteiger partial charge in [0.15, 0.2) is 0 Å². The molecule has 1 heteroatoms. The highest BCUT2D eigenvalue weighted by molar-refractivity contribution is 5.42. The first-order valence-corrected chi connectivity index (χ1v) is 6.04. The van der Waals surface area contributed by atoms with Crippen LogP contribution in [0.5, 0.6) is 0 Å². The third kappa shape index (κ3) is 1.80. The molecule has 1 aliphatic rings. The van der Waals surface area contributed by atoms with Gasteiger partial charge < -0.3 is 0 Å². The first-order chi connectivity index (χ1) is 7.04. The van der Waals surface area contributed by atoms with Gasteiger partial charge in [-0.3, -0.25) is 4.98 Å². The molecule has 1 aromatic rings. The van der Waals surface area contributed by atoms with Gasteiger partial charge in [-0.1, -0.05) is 27.7 Å². The fourth-order valence-corrected chi connectivity index (χ4v) is 2.61. The van der Waals surface area contributed by atoms with Gasteiger partial charge in [-0.2, -0.15) is 0 Å². The fraction of sp³-hybridized carbons (Fsp3) is 0.643. The lowest BCUT2D eigenvalue weighted by molar-refractivity contribution is 0.579. The first-order valence-electron chi connectivity index (χ1n) is 6.04. The van der Waals surface area contributed by atoms with Crippen molar-refractivity contribution in [1.29, 1.82) is 0 Å². The van der Waals surface area contributed by atoms with Crippen LogP contribution in [0.2, 0.25) is 0 Å². The lowest BCUT2D eigenvalue weighted by atomic mass is 9.83. The van der Waals surface area contributed by atoms with Crippen molar-refractivity contribution in [2.75, 3.05) is 0 Å². The molecule has 0 radical (unpaired) electrons. The summed E-state index contributed by atoms with van der Waals surface area (Å²) in [5.41, 5.74) is 6.20. The van der Waals surface area contributed by atoms with E-state index in [1.807, 2.05) is 0 Å². The Morgan fingerprint density at radius 1 is 1.20 bits per heavy atom. The molecule has 82 valence electrons. The minimum atomic E-state index is 0.244. The van der Waals surface area contributed by atoms with Crippen molar-refractivity contribution in [1.82, 2.24) is 4.98 Å². The van der Waals surface area contributed by atoms with Crippen molar-refractivity contribution in [3.63, 3.8) is 0 Å². The van der Waals surface area contributed by atoms with Crippen LogP contribution in [0, 0.1) is 0 Å². The minimum absolute atomic E-state index is 0.244. The summed E-state index contributed by atoms with van der Waals surface area (Å²) in [6, 6.07) is 0. The summed E-state index contributed by atoms with van der Waals surface area (Å²) >= 11 is 0. The predicted octanol–water partition coefficient (Wildman–Crippen LogP) is 3.43. The number of hydrogen-bond acceptors (Lipinski definition) is 1. The van der Waals surface area contributed by atoms with E-state index in [4.69, 9.17) is 0 Å². The van der Waals surface area contributed by atoms with E-state index in [-0.39, 0.29) is 5.41 Å². The zero-order valence-corrected chi connectivity index (χ0v) is 10.4. The van der Waals surface area contributed by atoms with E-state index in [0.29, 0.717) is 0 Å². The average molecular weight is 203 g/mol. The molecule has 0 saturated carbocycles. The Kier molecular flexibility index (Phi) is 2.57. The van der Waals surface area contributed by atoms with Gasteiger partial charge in [0.2, 0.25) is 0 Å². The molecule has 0 bridgehead atoms. The lowest BCUT2D eigenvalue weighted by Crippen LogP contribution is -2.15. The summed E-state index contributed by atoms with van der Waals surface area (Å²) in [6.07, 6.45) is 7.01. The number of pyridine rings is 1. The Morgan fingerprint density at radius 3 is 2.47 bits per heavy atom. The maximum Gasteiger partial charge on any atom is 0.0435 e. The Morgan fingerprint density at radius 2 is 1.87 bits per heavy atom. The van der Waals surface area contributed by atoms with Gasteiger partial charge in [0.25, 0.3) is 0 Å². The quantitative estimate of drug-likeness (QED) is 0.681. The van der Waals surface area contributed by atoms with E-state index in [1.54, 1.807) is 11.1 Å². The predicted molar refractivity (Wildman–Crippen MR) is 64.3 cm³/mol. The topological polar surface area (TPSA) is 12.9 Å². The summed E-state index contributed by atoms with van der Waals surface area (Å²) in [7, 11) is 0. The Bertz CT molecular complexity index is 372. The molecule has 1 aromatic heterocycles. The summed E-state index contributed by atoms with van der Waals surface area (Å²) in [4.78, 5) is 4.64. The van der Waals surface area contributed by atoms with E-state index in [1.165, 1.54) is 30.5 Å².